The van der Waals surface area contributed by atoms with E-state index in [0.29, 0.717) is 16.3 Å². The van der Waals surface area contributed by atoms with Gasteiger partial charge in [0.05, 0.1) is 0 Å². The second kappa shape index (κ2) is 7.36. The summed E-state index contributed by atoms with van der Waals surface area (Å²) < 4.78 is 13.2. The molecule has 2 aromatic carbocycles. The van der Waals surface area contributed by atoms with Gasteiger partial charge >= 0.3 is 6.03 Å². The number of nitrogens with one attached hydrogen (secondary N) is 2. The van der Waals surface area contributed by atoms with E-state index in [1.807, 2.05) is 0 Å². The summed E-state index contributed by atoms with van der Waals surface area (Å²) >= 11 is 5.87. The normalized spacial score (nSPS) is 19.1. The van der Waals surface area contributed by atoms with Crippen LogP contribution in [-0.4, -0.2) is 29.3 Å². The molecule has 0 aliphatic carbocycles. The molecular formula is C19H17ClFN3O3. The highest BCUT2D eigenvalue weighted by molar-refractivity contribution is 6.30. The first-order valence-corrected chi connectivity index (χ1v) is 8.69. The van der Waals surface area contributed by atoms with Crippen LogP contribution in [0.1, 0.15) is 18.9 Å². The van der Waals surface area contributed by atoms with E-state index >= 15 is 0 Å². The molecule has 0 spiro atoms. The van der Waals surface area contributed by atoms with E-state index in [0.717, 1.165) is 4.90 Å². The quantitative estimate of drug-likeness (QED) is 0.770. The summed E-state index contributed by atoms with van der Waals surface area (Å²) in [4.78, 5) is 38.4. The smallest absolute Gasteiger partial charge is 0.324 e. The van der Waals surface area contributed by atoms with Gasteiger partial charge in [-0.25, -0.2) is 9.18 Å². The molecule has 6 nitrogen and oxygen atoms in total. The van der Waals surface area contributed by atoms with E-state index in [2.05, 4.69) is 10.6 Å². The molecule has 27 heavy (non-hydrogen) atoms. The number of anilines is 1. The van der Waals surface area contributed by atoms with Crippen LogP contribution in [0.2, 0.25) is 5.02 Å². The predicted octanol–water partition coefficient (Wildman–Crippen LogP) is 3.27. The first-order valence-electron chi connectivity index (χ1n) is 8.31. The van der Waals surface area contributed by atoms with Gasteiger partial charge in [0.1, 0.15) is 17.9 Å². The highest BCUT2D eigenvalue weighted by Crippen LogP contribution is 2.32. The van der Waals surface area contributed by atoms with E-state index in [4.69, 9.17) is 11.6 Å². The van der Waals surface area contributed by atoms with E-state index in [-0.39, 0.29) is 6.42 Å². The van der Waals surface area contributed by atoms with Crippen LogP contribution in [0.25, 0.3) is 0 Å². The van der Waals surface area contributed by atoms with E-state index in [9.17, 15) is 18.8 Å². The lowest BCUT2D eigenvalue weighted by atomic mass is 9.87. The van der Waals surface area contributed by atoms with Gasteiger partial charge in [-0.1, -0.05) is 36.7 Å². The van der Waals surface area contributed by atoms with Crippen molar-refractivity contribution in [2.75, 3.05) is 11.9 Å². The average molecular weight is 390 g/mol. The summed E-state index contributed by atoms with van der Waals surface area (Å²) in [5, 5.41) is 5.69. The minimum Gasteiger partial charge on any atom is -0.324 e. The number of rotatable bonds is 5. The monoisotopic (exact) mass is 389 g/mol. The van der Waals surface area contributed by atoms with Crippen molar-refractivity contribution in [3.63, 3.8) is 0 Å². The number of carbonyl (C=O) groups is 3. The maximum Gasteiger partial charge on any atom is 0.325 e. The molecule has 4 amide bonds. The Kier molecular flexibility index (Phi) is 5.14. The number of carbonyl (C=O) groups excluding carboxylic acids is 3. The standard InChI is InChI=1S/C19H17ClFN3O3/c1-2-19(12-6-8-14(21)9-7-12)17(26)24(18(27)23-19)11-16(25)22-15-5-3-4-13(20)10-15/h3-10H,2,11H2,1H3,(H,22,25)(H,23,27). The second-order valence-corrected chi connectivity index (χ2v) is 6.58. The molecule has 0 aromatic heterocycles. The summed E-state index contributed by atoms with van der Waals surface area (Å²) in [6.07, 6.45) is 0.260. The molecule has 1 saturated heterocycles. The molecule has 3 rings (SSSR count). The van der Waals surface area contributed by atoms with Gasteiger partial charge in [-0.3, -0.25) is 14.5 Å². The summed E-state index contributed by atoms with van der Waals surface area (Å²) in [5.74, 6) is -1.53. The van der Waals surface area contributed by atoms with Gasteiger partial charge in [-0.2, -0.15) is 0 Å². The molecule has 0 radical (unpaired) electrons. The molecule has 140 valence electrons. The maximum atomic E-state index is 13.2. The summed E-state index contributed by atoms with van der Waals surface area (Å²) in [5.41, 5.74) is -0.399. The van der Waals surface area contributed by atoms with E-state index in [1.165, 1.54) is 24.3 Å². The highest BCUT2D eigenvalue weighted by Gasteiger charge is 2.51. The fraction of sp³-hybridized carbons (Fsp3) is 0.211. The molecule has 0 bridgehead atoms. The summed E-state index contributed by atoms with van der Waals surface area (Å²) in [6.45, 7) is 1.29. The van der Waals surface area contributed by atoms with Crippen LogP contribution in [0.4, 0.5) is 14.9 Å². The van der Waals surface area contributed by atoms with Gasteiger partial charge < -0.3 is 10.6 Å². The van der Waals surface area contributed by atoms with Crippen molar-refractivity contribution in [2.45, 2.75) is 18.9 Å². The van der Waals surface area contributed by atoms with E-state index < -0.39 is 35.7 Å². The van der Waals surface area contributed by atoms with Gasteiger partial charge in [0.15, 0.2) is 0 Å². The van der Waals surface area contributed by atoms with Crippen LogP contribution >= 0.6 is 11.6 Å². The third kappa shape index (κ3) is 3.64. The predicted molar refractivity (Wildman–Crippen MR) is 98.7 cm³/mol. The zero-order chi connectivity index (χ0) is 19.6. The first-order chi connectivity index (χ1) is 12.9. The third-order valence-corrected chi connectivity index (χ3v) is 4.69. The lowest BCUT2D eigenvalue weighted by Crippen LogP contribution is -2.44. The van der Waals surface area contributed by atoms with E-state index in [1.54, 1.807) is 31.2 Å². The van der Waals surface area contributed by atoms with Crippen molar-refractivity contribution >= 4 is 35.1 Å². The van der Waals surface area contributed by atoms with Gasteiger partial charge in [-0.15, -0.1) is 0 Å². The lowest BCUT2D eigenvalue weighted by Gasteiger charge is -2.25. The number of nitrogens with zero attached hydrogens (tertiary/aromatic N) is 1. The zero-order valence-corrected chi connectivity index (χ0v) is 15.2. The maximum absolute atomic E-state index is 13.2. The Morgan fingerprint density at radius 2 is 1.93 bits per heavy atom. The van der Waals surface area contributed by atoms with Crippen LogP contribution in [0.15, 0.2) is 48.5 Å². The number of hydrogen-bond acceptors (Lipinski definition) is 3. The van der Waals surface area contributed by atoms with Crippen LogP contribution < -0.4 is 10.6 Å². The van der Waals surface area contributed by atoms with Crippen molar-refractivity contribution in [2.24, 2.45) is 0 Å². The fourth-order valence-corrected chi connectivity index (χ4v) is 3.24. The number of hydrogen-bond donors (Lipinski definition) is 2. The Labute approximate surface area is 160 Å². The Morgan fingerprint density at radius 1 is 1.22 bits per heavy atom. The lowest BCUT2D eigenvalue weighted by molar-refractivity contribution is -0.134. The fourth-order valence-electron chi connectivity index (χ4n) is 3.05. The SMILES string of the molecule is CCC1(c2ccc(F)cc2)NC(=O)N(CC(=O)Nc2cccc(Cl)c2)C1=O. The number of benzene rings is 2. The molecule has 8 heteroatoms. The van der Waals surface area contributed by atoms with Gasteiger partial charge in [0, 0.05) is 10.7 Å². The van der Waals surface area contributed by atoms with Crippen molar-refractivity contribution in [1.82, 2.24) is 10.2 Å². The molecule has 2 N–H and O–H groups in total. The Morgan fingerprint density at radius 3 is 2.56 bits per heavy atom. The average Bonchev–Trinajstić information content (AvgIpc) is 2.87. The van der Waals surface area contributed by atoms with Crippen molar-refractivity contribution in [1.29, 1.82) is 0 Å². The summed E-state index contributed by atoms with van der Waals surface area (Å²) in [7, 11) is 0. The molecule has 1 aliphatic rings. The largest absolute Gasteiger partial charge is 0.325 e. The minimum atomic E-state index is -1.32. The molecule has 1 unspecified atom stereocenters. The molecule has 1 aliphatic heterocycles. The third-order valence-electron chi connectivity index (χ3n) is 4.45. The Hall–Kier alpha value is -2.93. The van der Waals surface area contributed by atoms with Crippen molar-refractivity contribution < 1.29 is 18.8 Å². The number of amides is 4. The van der Waals surface area contributed by atoms with Gasteiger partial charge in [0.25, 0.3) is 5.91 Å². The Balaban J connectivity index is 1.78. The van der Waals surface area contributed by atoms with Crippen LogP contribution in [-0.2, 0) is 15.1 Å². The van der Waals surface area contributed by atoms with Gasteiger partial charge in [0.2, 0.25) is 5.91 Å². The minimum absolute atomic E-state index is 0.260. The molecule has 2 aromatic rings. The van der Waals surface area contributed by atoms with Crippen LogP contribution in [0, 0.1) is 5.82 Å². The second-order valence-electron chi connectivity index (χ2n) is 6.15. The molecule has 1 heterocycles. The Bertz CT molecular complexity index is 903. The van der Waals surface area contributed by atoms with Crippen molar-refractivity contribution in [3.05, 3.63) is 64.9 Å². The van der Waals surface area contributed by atoms with Crippen molar-refractivity contribution in [3.8, 4) is 0 Å². The topological polar surface area (TPSA) is 78.5 Å². The number of imide groups is 1. The molecular weight excluding hydrogens is 373 g/mol. The molecule has 0 saturated carbocycles. The molecule has 1 atom stereocenters. The van der Waals surface area contributed by atoms with Gasteiger partial charge in [-0.05, 0) is 42.3 Å². The summed E-state index contributed by atoms with van der Waals surface area (Å²) in [6, 6.07) is 11.2. The highest BCUT2D eigenvalue weighted by atomic mass is 35.5. The number of halogens is 2. The van der Waals surface area contributed by atoms with Crippen LogP contribution in [0.5, 0.6) is 0 Å². The molecule has 1 fully saturated rings. The first kappa shape index (κ1) is 18.8. The number of urea groups is 1. The zero-order valence-electron chi connectivity index (χ0n) is 14.5. The van der Waals surface area contributed by atoms with Crippen LogP contribution in [0.3, 0.4) is 0 Å².